The van der Waals surface area contributed by atoms with Crippen LogP contribution in [-0.2, 0) is 11.2 Å². The fourth-order valence-electron chi connectivity index (χ4n) is 0.568. The molecule has 0 aliphatic heterocycles. The first-order valence-electron chi connectivity index (χ1n) is 2.56. The Morgan fingerprint density at radius 1 is 1.80 bits per heavy atom. The summed E-state index contributed by atoms with van der Waals surface area (Å²) in [6.07, 6.45) is 1.86. The molecule has 4 nitrogen and oxygen atoms in total. The molecule has 1 heterocycles. The van der Waals surface area contributed by atoms with Crippen molar-refractivity contribution in [2.75, 3.05) is 0 Å². The molecule has 0 spiro atoms. The van der Waals surface area contributed by atoms with Crippen LogP contribution in [0, 0.1) is 0 Å². The van der Waals surface area contributed by atoms with E-state index in [1.807, 2.05) is 0 Å². The largest absolute Gasteiger partial charge is 0.369 e. The summed E-state index contributed by atoms with van der Waals surface area (Å²) >= 11 is 0. The Balaban J connectivity index is 0.000000810. The Morgan fingerprint density at radius 3 is 2.90 bits per heavy atom. The molecule has 10 heavy (non-hydrogen) atoms. The van der Waals surface area contributed by atoms with Crippen LogP contribution in [0.3, 0.4) is 0 Å². The van der Waals surface area contributed by atoms with Gasteiger partial charge in [0.15, 0.2) is 0 Å². The predicted molar refractivity (Wildman–Crippen MR) is 38.7 cm³/mol. The molecular formula is C5H8ClN3O. The van der Waals surface area contributed by atoms with E-state index in [0.717, 1.165) is 0 Å². The first kappa shape index (κ1) is 8.97. The van der Waals surface area contributed by atoms with Crippen molar-refractivity contribution in [3.63, 3.8) is 0 Å². The highest BCUT2D eigenvalue weighted by molar-refractivity contribution is 5.85. The van der Waals surface area contributed by atoms with Crippen LogP contribution in [0.5, 0.6) is 0 Å². The molecule has 0 bridgehead atoms. The third-order valence-corrected chi connectivity index (χ3v) is 0.914. The SMILES string of the molecule is Cl.NC(=O)Cc1cc[nH]n1. The van der Waals surface area contributed by atoms with Crippen molar-refractivity contribution < 1.29 is 4.79 Å². The summed E-state index contributed by atoms with van der Waals surface area (Å²) in [5.74, 6) is -0.359. The quantitative estimate of drug-likeness (QED) is 0.634. The number of halogens is 1. The van der Waals surface area contributed by atoms with Crippen LogP contribution in [0.1, 0.15) is 5.69 Å². The number of nitrogens with two attached hydrogens (primary N) is 1. The van der Waals surface area contributed by atoms with Crippen LogP contribution in [0.15, 0.2) is 12.3 Å². The summed E-state index contributed by atoms with van der Waals surface area (Å²) in [6.45, 7) is 0. The first-order valence-corrected chi connectivity index (χ1v) is 2.56. The Bertz CT molecular complexity index is 197. The van der Waals surface area contributed by atoms with Gasteiger partial charge in [-0.15, -0.1) is 12.4 Å². The van der Waals surface area contributed by atoms with E-state index < -0.39 is 0 Å². The molecule has 0 saturated carbocycles. The van der Waals surface area contributed by atoms with Gasteiger partial charge in [0.25, 0.3) is 0 Å². The Kier molecular flexibility index (Phi) is 3.49. The summed E-state index contributed by atoms with van der Waals surface area (Å²) < 4.78 is 0. The van der Waals surface area contributed by atoms with Gasteiger partial charge in [0.2, 0.25) is 5.91 Å². The van der Waals surface area contributed by atoms with Crippen molar-refractivity contribution in [1.29, 1.82) is 0 Å². The summed E-state index contributed by atoms with van der Waals surface area (Å²) in [6, 6.07) is 1.71. The van der Waals surface area contributed by atoms with Crippen LogP contribution in [0.4, 0.5) is 0 Å². The molecule has 1 aromatic rings. The Morgan fingerprint density at radius 2 is 2.50 bits per heavy atom. The molecule has 1 amide bonds. The number of nitrogens with zero attached hydrogens (tertiary/aromatic N) is 1. The summed E-state index contributed by atoms with van der Waals surface area (Å²) in [5.41, 5.74) is 5.57. The van der Waals surface area contributed by atoms with Gasteiger partial charge in [0.05, 0.1) is 12.1 Å². The maximum absolute atomic E-state index is 10.2. The molecule has 1 aromatic heterocycles. The second kappa shape index (κ2) is 3.90. The summed E-state index contributed by atoms with van der Waals surface area (Å²) in [4.78, 5) is 10.2. The number of carbonyl (C=O) groups is 1. The zero-order valence-electron chi connectivity index (χ0n) is 5.20. The molecule has 0 aliphatic carbocycles. The smallest absolute Gasteiger partial charge is 0.223 e. The van der Waals surface area contributed by atoms with Crippen molar-refractivity contribution in [2.45, 2.75) is 6.42 Å². The normalized spacial score (nSPS) is 8.40. The number of rotatable bonds is 2. The number of primary amides is 1. The van der Waals surface area contributed by atoms with Gasteiger partial charge in [-0.3, -0.25) is 9.89 Å². The van der Waals surface area contributed by atoms with Gasteiger partial charge in [-0.25, -0.2) is 0 Å². The number of aromatic nitrogens is 2. The van der Waals surface area contributed by atoms with Crippen molar-refractivity contribution >= 4 is 18.3 Å². The van der Waals surface area contributed by atoms with E-state index in [9.17, 15) is 4.79 Å². The van der Waals surface area contributed by atoms with Gasteiger partial charge in [0.1, 0.15) is 0 Å². The minimum Gasteiger partial charge on any atom is -0.369 e. The van der Waals surface area contributed by atoms with E-state index in [1.165, 1.54) is 0 Å². The number of aromatic amines is 1. The standard InChI is InChI=1S/C5H7N3O.ClH/c6-5(9)3-4-1-2-7-8-4;/h1-2H,3H2,(H2,6,9)(H,7,8);1H. The lowest BCUT2D eigenvalue weighted by Gasteiger charge is -1.85. The lowest BCUT2D eigenvalue weighted by Crippen LogP contribution is -2.13. The van der Waals surface area contributed by atoms with Crippen LogP contribution in [-0.4, -0.2) is 16.1 Å². The lowest BCUT2D eigenvalue weighted by atomic mass is 10.3. The Labute approximate surface area is 64.2 Å². The van der Waals surface area contributed by atoms with Crippen molar-refractivity contribution in [3.05, 3.63) is 18.0 Å². The molecule has 56 valence electrons. The number of hydrogen-bond donors (Lipinski definition) is 2. The fraction of sp³-hybridized carbons (Fsp3) is 0.200. The molecule has 0 atom stereocenters. The number of amides is 1. The second-order valence-electron chi connectivity index (χ2n) is 1.71. The monoisotopic (exact) mass is 161 g/mol. The van der Waals surface area contributed by atoms with E-state index >= 15 is 0 Å². The Hall–Kier alpha value is -1.03. The summed E-state index contributed by atoms with van der Waals surface area (Å²) in [5, 5.41) is 6.31. The van der Waals surface area contributed by atoms with Crippen LogP contribution in [0.25, 0.3) is 0 Å². The highest BCUT2D eigenvalue weighted by Crippen LogP contribution is 1.90. The molecular weight excluding hydrogens is 154 g/mol. The van der Waals surface area contributed by atoms with Gasteiger partial charge < -0.3 is 5.73 Å². The minimum absolute atomic E-state index is 0. The van der Waals surface area contributed by atoms with Crippen LogP contribution in [0.2, 0.25) is 0 Å². The maximum Gasteiger partial charge on any atom is 0.223 e. The fourth-order valence-corrected chi connectivity index (χ4v) is 0.568. The first-order chi connectivity index (χ1) is 4.29. The van der Waals surface area contributed by atoms with Gasteiger partial charge in [-0.05, 0) is 6.07 Å². The number of carbonyl (C=O) groups excluding carboxylic acids is 1. The van der Waals surface area contributed by atoms with Crippen LogP contribution < -0.4 is 5.73 Å². The lowest BCUT2D eigenvalue weighted by molar-refractivity contribution is -0.117. The predicted octanol–water partition coefficient (Wildman–Crippen LogP) is -0.141. The highest BCUT2D eigenvalue weighted by atomic mass is 35.5. The third-order valence-electron chi connectivity index (χ3n) is 0.914. The van der Waals surface area contributed by atoms with E-state index in [4.69, 9.17) is 5.73 Å². The molecule has 3 N–H and O–H groups in total. The molecule has 0 radical (unpaired) electrons. The van der Waals surface area contributed by atoms with Gasteiger partial charge >= 0.3 is 0 Å². The highest BCUT2D eigenvalue weighted by Gasteiger charge is 1.97. The van der Waals surface area contributed by atoms with Gasteiger partial charge in [0, 0.05) is 6.20 Å². The molecule has 0 saturated heterocycles. The molecule has 0 aliphatic rings. The third kappa shape index (κ3) is 2.50. The minimum atomic E-state index is -0.359. The number of hydrogen-bond acceptors (Lipinski definition) is 2. The van der Waals surface area contributed by atoms with Crippen molar-refractivity contribution in [1.82, 2.24) is 10.2 Å². The zero-order chi connectivity index (χ0) is 6.69. The maximum atomic E-state index is 10.2. The van der Waals surface area contributed by atoms with Crippen molar-refractivity contribution in [3.8, 4) is 0 Å². The summed E-state index contributed by atoms with van der Waals surface area (Å²) in [7, 11) is 0. The molecule has 5 heteroatoms. The molecule has 0 aromatic carbocycles. The van der Waals surface area contributed by atoms with E-state index in [2.05, 4.69) is 10.2 Å². The molecule has 1 rings (SSSR count). The molecule has 0 unspecified atom stereocenters. The topological polar surface area (TPSA) is 71.8 Å². The van der Waals surface area contributed by atoms with E-state index in [-0.39, 0.29) is 24.7 Å². The molecule has 0 fully saturated rings. The average Bonchev–Trinajstić information content (AvgIpc) is 2.15. The number of H-pyrrole nitrogens is 1. The van der Waals surface area contributed by atoms with E-state index in [0.29, 0.717) is 5.69 Å². The number of nitrogens with one attached hydrogen (secondary N) is 1. The van der Waals surface area contributed by atoms with E-state index in [1.54, 1.807) is 12.3 Å². The zero-order valence-corrected chi connectivity index (χ0v) is 6.02. The van der Waals surface area contributed by atoms with Crippen molar-refractivity contribution in [2.24, 2.45) is 5.73 Å². The average molecular weight is 162 g/mol. The second-order valence-corrected chi connectivity index (χ2v) is 1.71. The van der Waals surface area contributed by atoms with Gasteiger partial charge in [-0.2, -0.15) is 5.10 Å². The van der Waals surface area contributed by atoms with Crippen LogP contribution >= 0.6 is 12.4 Å². The van der Waals surface area contributed by atoms with Gasteiger partial charge in [-0.1, -0.05) is 0 Å².